The predicted octanol–water partition coefficient (Wildman–Crippen LogP) is 3.63. The van der Waals surface area contributed by atoms with Crippen molar-refractivity contribution in [3.05, 3.63) is 29.3 Å². The highest BCUT2D eigenvalue weighted by Gasteiger charge is 2.31. The molecule has 0 amide bonds. The molecule has 0 saturated heterocycles. The number of carbonyl (C=O) groups excluding carboxylic acids is 1. The van der Waals surface area contributed by atoms with Gasteiger partial charge in [0.25, 0.3) is 0 Å². The van der Waals surface area contributed by atoms with E-state index in [0.717, 1.165) is 49.2 Å². The molecule has 1 fully saturated rings. The van der Waals surface area contributed by atoms with E-state index in [9.17, 15) is 4.79 Å². The minimum absolute atomic E-state index is 0.294. The van der Waals surface area contributed by atoms with E-state index in [2.05, 4.69) is 13.8 Å². The predicted molar refractivity (Wildman–Crippen MR) is 68.7 cm³/mol. The maximum absolute atomic E-state index is 12.1. The molecular formula is C15H20O2. The SMILES string of the molecule is CCCOc1ccc(C(=O)C2CC2)c(CC)c1. The van der Waals surface area contributed by atoms with Gasteiger partial charge in [0.15, 0.2) is 5.78 Å². The van der Waals surface area contributed by atoms with Crippen LogP contribution in [-0.2, 0) is 6.42 Å². The summed E-state index contributed by atoms with van der Waals surface area (Å²) in [5.41, 5.74) is 2.02. The molecule has 0 unspecified atom stereocenters. The van der Waals surface area contributed by atoms with E-state index in [1.165, 1.54) is 0 Å². The third kappa shape index (κ3) is 2.87. The highest BCUT2D eigenvalue weighted by Crippen LogP contribution is 2.34. The van der Waals surface area contributed by atoms with Crippen LogP contribution in [0.15, 0.2) is 18.2 Å². The minimum atomic E-state index is 0.294. The second-order valence-corrected chi connectivity index (χ2v) is 4.66. The van der Waals surface area contributed by atoms with Gasteiger partial charge in [0.05, 0.1) is 6.61 Å². The maximum atomic E-state index is 12.1. The van der Waals surface area contributed by atoms with Crippen molar-refractivity contribution in [1.29, 1.82) is 0 Å². The summed E-state index contributed by atoms with van der Waals surface area (Å²) in [4.78, 5) is 12.1. The van der Waals surface area contributed by atoms with Gasteiger partial charge in [0.1, 0.15) is 5.75 Å². The van der Waals surface area contributed by atoms with E-state index < -0.39 is 0 Å². The van der Waals surface area contributed by atoms with Crippen molar-refractivity contribution in [1.82, 2.24) is 0 Å². The molecule has 92 valence electrons. The Bertz CT molecular complexity index is 405. The van der Waals surface area contributed by atoms with E-state index in [4.69, 9.17) is 4.74 Å². The fraction of sp³-hybridized carbons (Fsp3) is 0.533. The van der Waals surface area contributed by atoms with Crippen LogP contribution in [0.5, 0.6) is 5.75 Å². The third-order valence-corrected chi connectivity index (χ3v) is 3.14. The van der Waals surface area contributed by atoms with Gasteiger partial charge in [-0.1, -0.05) is 13.8 Å². The number of benzene rings is 1. The molecule has 0 radical (unpaired) electrons. The highest BCUT2D eigenvalue weighted by molar-refractivity contribution is 6.00. The minimum Gasteiger partial charge on any atom is -0.494 e. The molecule has 0 spiro atoms. The molecular weight excluding hydrogens is 212 g/mol. The average Bonchev–Trinajstić information content (AvgIpc) is 3.19. The Kier molecular flexibility index (Phi) is 3.82. The number of ether oxygens (including phenoxy) is 1. The van der Waals surface area contributed by atoms with Crippen molar-refractivity contribution in [2.45, 2.75) is 39.5 Å². The smallest absolute Gasteiger partial charge is 0.166 e. The van der Waals surface area contributed by atoms with Gasteiger partial charge in [0, 0.05) is 11.5 Å². The molecule has 0 bridgehead atoms. The van der Waals surface area contributed by atoms with Crippen LogP contribution < -0.4 is 4.74 Å². The zero-order chi connectivity index (χ0) is 12.3. The molecule has 2 heteroatoms. The van der Waals surface area contributed by atoms with Crippen LogP contribution >= 0.6 is 0 Å². The number of ketones is 1. The molecule has 1 aliphatic carbocycles. The second-order valence-electron chi connectivity index (χ2n) is 4.66. The molecule has 1 saturated carbocycles. The lowest BCUT2D eigenvalue weighted by atomic mass is 9.99. The average molecular weight is 232 g/mol. The summed E-state index contributed by atoms with van der Waals surface area (Å²) in [7, 11) is 0. The fourth-order valence-corrected chi connectivity index (χ4v) is 1.98. The van der Waals surface area contributed by atoms with E-state index >= 15 is 0 Å². The van der Waals surface area contributed by atoms with Gasteiger partial charge in [-0.3, -0.25) is 4.79 Å². The van der Waals surface area contributed by atoms with Gasteiger partial charge in [-0.2, -0.15) is 0 Å². The summed E-state index contributed by atoms with van der Waals surface area (Å²) >= 11 is 0. The largest absolute Gasteiger partial charge is 0.494 e. The van der Waals surface area contributed by atoms with Crippen LogP contribution in [0.2, 0.25) is 0 Å². The summed E-state index contributed by atoms with van der Waals surface area (Å²) in [5, 5.41) is 0. The van der Waals surface area contributed by atoms with Crippen molar-refractivity contribution in [3.63, 3.8) is 0 Å². The molecule has 2 nitrogen and oxygen atoms in total. The van der Waals surface area contributed by atoms with Crippen molar-refractivity contribution >= 4 is 5.78 Å². The van der Waals surface area contributed by atoms with Crippen LogP contribution in [0.4, 0.5) is 0 Å². The normalized spacial score (nSPS) is 14.7. The molecule has 0 aliphatic heterocycles. The molecule has 1 aliphatic rings. The number of aryl methyl sites for hydroxylation is 1. The zero-order valence-electron chi connectivity index (χ0n) is 10.7. The summed E-state index contributed by atoms with van der Waals surface area (Å²) in [6.45, 7) is 4.91. The van der Waals surface area contributed by atoms with Crippen molar-refractivity contribution in [2.24, 2.45) is 5.92 Å². The first-order chi connectivity index (χ1) is 8.26. The van der Waals surface area contributed by atoms with Crippen LogP contribution in [-0.4, -0.2) is 12.4 Å². The summed E-state index contributed by atoms with van der Waals surface area (Å²) < 4.78 is 5.60. The Morgan fingerprint density at radius 3 is 2.71 bits per heavy atom. The van der Waals surface area contributed by atoms with E-state index in [1.54, 1.807) is 0 Å². The number of carbonyl (C=O) groups is 1. The van der Waals surface area contributed by atoms with Gasteiger partial charge in [0.2, 0.25) is 0 Å². The lowest BCUT2D eigenvalue weighted by Gasteiger charge is -2.10. The second kappa shape index (κ2) is 5.35. The molecule has 0 heterocycles. The molecule has 2 rings (SSSR count). The maximum Gasteiger partial charge on any atom is 0.166 e. The number of hydrogen-bond donors (Lipinski definition) is 0. The van der Waals surface area contributed by atoms with Gasteiger partial charge in [-0.05, 0) is 49.4 Å². The standard InChI is InChI=1S/C15H20O2/c1-3-9-17-13-7-8-14(11(4-2)10-13)15(16)12-5-6-12/h7-8,10,12H,3-6,9H2,1-2H3. The number of hydrogen-bond acceptors (Lipinski definition) is 2. The van der Waals surface area contributed by atoms with E-state index in [-0.39, 0.29) is 0 Å². The molecule has 1 aromatic rings. The molecule has 0 atom stereocenters. The Balaban J connectivity index is 2.18. The first-order valence-electron chi connectivity index (χ1n) is 6.56. The Hall–Kier alpha value is -1.31. The Morgan fingerprint density at radius 2 is 2.12 bits per heavy atom. The zero-order valence-corrected chi connectivity index (χ0v) is 10.7. The first kappa shape index (κ1) is 12.2. The third-order valence-electron chi connectivity index (χ3n) is 3.14. The van der Waals surface area contributed by atoms with Crippen LogP contribution in [0.25, 0.3) is 0 Å². The lowest BCUT2D eigenvalue weighted by molar-refractivity contribution is 0.0966. The number of rotatable bonds is 6. The van der Waals surface area contributed by atoms with Crippen LogP contribution in [0.3, 0.4) is 0 Å². The van der Waals surface area contributed by atoms with Crippen molar-refractivity contribution < 1.29 is 9.53 Å². The molecule has 17 heavy (non-hydrogen) atoms. The summed E-state index contributed by atoms with van der Waals surface area (Å²) in [6, 6.07) is 5.88. The summed E-state index contributed by atoms with van der Waals surface area (Å²) in [5.74, 6) is 1.50. The Labute approximate surface area is 103 Å². The molecule has 0 aromatic heterocycles. The lowest BCUT2D eigenvalue weighted by Crippen LogP contribution is -2.06. The highest BCUT2D eigenvalue weighted by atomic mass is 16.5. The topological polar surface area (TPSA) is 26.3 Å². The quantitative estimate of drug-likeness (QED) is 0.700. The van der Waals surface area contributed by atoms with Crippen molar-refractivity contribution in [3.8, 4) is 5.75 Å². The number of Topliss-reactive ketones (excluding diaryl/α,β-unsaturated/α-hetero) is 1. The van der Waals surface area contributed by atoms with E-state index in [1.807, 2.05) is 18.2 Å². The van der Waals surface area contributed by atoms with E-state index in [0.29, 0.717) is 11.7 Å². The summed E-state index contributed by atoms with van der Waals surface area (Å²) in [6.07, 6.45) is 4.02. The van der Waals surface area contributed by atoms with Crippen molar-refractivity contribution in [2.75, 3.05) is 6.61 Å². The monoisotopic (exact) mass is 232 g/mol. The van der Waals surface area contributed by atoms with Gasteiger partial charge >= 0.3 is 0 Å². The van der Waals surface area contributed by atoms with Gasteiger partial charge in [-0.25, -0.2) is 0 Å². The Morgan fingerprint density at radius 1 is 1.35 bits per heavy atom. The first-order valence-corrected chi connectivity index (χ1v) is 6.56. The van der Waals surface area contributed by atoms with Crippen LogP contribution in [0, 0.1) is 5.92 Å². The van der Waals surface area contributed by atoms with Crippen LogP contribution in [0.1, 0.15) is 49.0 Å². The van der Waals surface area contributed by atoms with Gasteiger partial charge in [-0.15, -0.1) is 0 Å². The molecule has 1 aromatic carbocycles. The fourth-order valence-electron chi connectivity index (χ4n) is 1.98. The molecule has 0 N–H and O–H groups in total. The van der Waals surface area contributed by atoms with Gasteiger partial charge < -0.3 is 4.74 Å².